The average molecular weight is 192 g/mol. The number of nitrogens with zero attached hydrogens (tertiary/aromatic N) is 1. The van der Waals surface area contributed by atoms with Crippen LogP contribution in [0.3, 0.4) is 0 Å². The number of aromatic nitrogens is 1. The van der Waals surface area contributed by atoms with Gasteiger partial charge in [-0.25, -0.2) is 0 Å². The number of halogens is 2. The van der Waals surface area contributed by atoms with Crippen LogP contribution in [0.1, 0.15) is 16.8 Å². The third kappa shape index (κ3) is 2.35. The smallest absolute Gasteiger partial charge is 0.0650 e. The van der Waals surface area contributed by atoms with Crippen LogP contribution in [-0.2, 0) is 5.88 Å². The van der Waals surface area contributed by atoms with Gasteiger partial charge in [0.25, 0.3) is 0 Å². The van der Waals surface area contributed by atoms with E-state index in [9.17, 15) is 0 Å². The van der Waals surface area contributed by atoms with Gasteiger partial charge in [0.15, 0.2) is 0 Å². The molecule has 0 amide bonds. The number of rotatable bonds is 1. The summed E-state index contributed by atoms with van der Waals surface area (Å²) in [6, 6.07) is 1.99. The fourth-order valence-electron chi connectivity index (χ4n) is 0.823. The first-order chi connectivity index (χ1) is 4.75. The van der Waals surface area contributed by atoms with Gasteiger partial charge >= 0.3 is 0 Å². The molecule has 0 radical (unpaired) electrons. The van der Waals surface area contributed by atoms with Crippen LogP contribution in [0.4, 0.5) is 0 Å². The molecule has 0 N–H and O–H groups in total. The fourth-order valence-corrected chi connectivity index (χ4v) is 1.09. The highest BCUT2D eigenvalue weighted by molar-refractivity contribution is 6.17. The summed E-state index contributed by atoms with van der Waals surface area (Å²) in [7, 11) is 0. The van der Waals surface area contributed by atoms with Gasteiger partial charge < -0.3 is 0 Å². The molecule has 62 valence electrons. The topological polar surface area (TPSA) is 12.9 Å². The van der Waals surface area contributed by atoms with Crippen molar-refractivity contribution in [3.8, 4) is 0 Å². The van der Waals surface area contributed by atoms with Crippen molar-refractivity contribution in [1.82, 2.24) is 4.98 Å². The van der Waals surface area contributed by atoms with Crippen molar-refractivity contribution in [1.29, 1.82) is 0 Å². The van der Waals surface area contributed by atoms with Crippen molar-refractivity contribution in [2.24, 2.45) is 0 Å². The Morgan fingerprint density at radius 2 is 2.09 bits per heavy atom. The van der Waals surface area contributed by atoms with Crippen LogP contribution in [0.25, 0.3) is 0 Å². The van der Waals surface area contributed by atoms with E-state index in [1.54, 1.807) is 6.20 Å². The van der Waals surface area contributed by atoms with Gasteiger partial charge in [0.05, 0.1) is 11.6 Å². The van der Waals surface area contributed by atoms with E-state index in [0.29, 0.717) is 5.88 Å². The maximum atomic E-state index is 5.64. The normalized spacial score (nSPS) is 9.00. The highest BCUT2D eigenvalue weighted by Crippen LogP contribution is 2.10. The summed E-state index contributed by atoms with van der Waals surface area (Å²) in [5.41, 5.74) is 3.45. The molecule has 0 unspecified atom stereocenters. The molecule has 1 heterocycles. The molecule has 1 aromatic heterocycles. The van der Waals surface area contributed by atoms with E-state index in [1.165, 1.54) is 11.1 Å². The minimum Gasteiger partial charge on any atom is -0.260 e. The number of hydrogen-bond donors (Lipinski definition) is 0. The Balaban J connectivity index is 0.000001000. The van der Waals surface area contributed by atoms with Crippen molar-refractivity contribution in [3.05, 3.63) is 29.1 Å². The zero-order valence-corrected chi connectivity index (χ0v) is 8.17. The summed E-state index contributed by atoms with van der Waals surface area (Å²) in [6.45, 7) is 4.10. The van der Waals surface area contributed by atoms with E-state index >= 15 is 0 Å². The molecule has 1 aromatic rings. The predicted octanol–water partition coefficient (Wildman–Crippen LogP) is 2.86. The van der Waals surface area contributed by atoms with Crippen LogP contribution in [0.15, 0.2) is 12.3 Å². The Bertz CT molecular complexity index is 236. The Morgan fingerprint density at radius 1 is 1.45 bits per heavy atom. The van der Waals surface area contributed by atoms with E-state index in [-0.39, 0.29) is 12.4 Å². The predicted molar refractivity (Wildman–Crippen MR) is 50.5 cm³/mol. The lowest BCUT2D eigenvalue weighted by Crippen LogP contribution is -1.91. The molecule has 0 aliphatic rings. The molecule has 0 spiro atoms. The zero-order chi connectivity index (χ0) is 7.56. The highest BCUT2D eigenvalue weighted by Gasteiger charge is 1.98. The fraction of sp³-hybridized carbons (Fsp3) is 0.375. The summed E-state index contributed by atoms with van der Waals surface area (Å²) < 4.78 is 0. The molecule has 0 aliphatic heterocycles. The van der Waals surface area contributed by atoms with Crippen molar-refractivity contribution in [3.63, 3.8) is 0 Å². The molecular weight excluding hydrogens is 181 g/mol. The Labute approximate surface area is 78.2 Å². The lowest BCUT2D eigenvalue weighted by atomic mass is 10.1. The second-order valence-corrected chi connectivity index (χ2v) is 2.60. The third-order valence-electron chi connectivity index (χ3n) is 1.71. The van der Waals surface area contributed by atoms with Crippen LogP contribution in [-0.4, -0.2) is 4.98 Å². The summed E-state index contributed by atoms with van der Waals surface area (Å²) in [5, 5.41) is 0. The maximum absolute atomic E-state index is 5.64. The minimum absolute atomic E-state index is 0. The Hall–Kier alpha value is -0.270. The second kappa shape index (κ2) is 4.58. The summed E-state index contributed by atoms with van der Waals surface area (Å²) in [5.74, 6) is 0.507. The molecule has 0 saturated heterocycles. The molecule has 0 saturated carbocycles. The number of hydrogen-bond acceptors (Lipinski definition) is 1. The van der Waals surface area contributed by atoms with E-state index < -0.39 is 0 Å². The van der Waals surface area contributed by atoms with Crippen LogP contribution >= 0.6 is 24.0 Å². The number of pyridine rings is 1. The first-order valence-corrected chi connectivity index (χ1v) is 3.76. The molecule has 0 atom stereocenters. The first kappa shape index (κ1) is 10.7. The Kier molecular flexibility index (Phi) is 4.46. The molecular formula is C8H11Cl2N. The molecule has 0 aromatic carbocycles. The van der Waals surface area contributed by atoms with E-state index in [2.05, 4.69) is 11.9 Å². The second-order valence-electron chi connectivity index (χ2n) is 2.33. The Morgan fingerprint density at radius 3 is 2.55 bits per heavy atom. The summed E-state index contributed by atoms with van der Waals surface area (Å²) >= 11 is 5.64. The van der Waals surface area contributed by atoms with Gasteiger partial charge in [0.1, 0.15) is 0 Å². The van der Waals surface area contributed by atoms with Gasteiger partial charge in [-0.3, -0.25) is 4.98 Å². The largest absolute Gasteiger partial charge is 0.260 e. The van der Waals surface area contributed by atoms with Crippen molar-refractivity contribution >= 4 is 24.0 Å². The van der Waals surface area contributed by atoms with Gasteiger partial charge in [-0.05, 0) is 31.0 Å². The monoisotopic (exact) mass is 191 g/mol. The van der Waals surface area contributed by atoms with Crippen LogP contribution in [0.5, 0.6) is 0 Å². The molecule has 0 aliphatic carbocycles. The summed E-state index contributed by atoms with van der Waals surface area (Å²) in [6.07, 6.45) is 1.79. The van der Waals surface area contributed by atoms with Gasteiger partial charge in [-0.2, -0.15) is 0 Å². The average Bonchev–Trinajstić information content (AvgIpc) is 1.95. The molecule has 0 fully saturated rings. The molecule has 3 heteroatoms. The van der Waals surface area contributed by atoms with Crippen LogP contribution in [0, 0.1) is 13.8 Å². The maximum Gasteiger partial charge on any atom is 0.0650 e. The SMILES string of the molecule is Cc1ccnc(CCl)c1C.Cl. The number of alkyl halides is 1. The van der Waals surface area contributed by atoms with E-state index in [1.807, 2.05) is 13.0 Å². The molecule has 1 rings (SSSR count). The lowest BCUT2D eigenvalue weighted by Gasteiger charge is -2.02. The summed E-state index contributed by atoms with van der Waals surface area (Å²) in [4.78, 5) is 4.13. The van der Waals surface area contributed by atoms with E-state index in [4.69, 9.17) is 11.6 Å². The molecule has 11 heavy (non-hydrogen) atoms. The van der Waals surface area contributed by atoms with Gasteiger partial charge in [0, 0.05) is 6.20 Å². The van der Waals surface area contributed by atoms with Crippen molar-refractivity contribution in [2.75, 3.05) is 0 Å². The minimum atomic E-state index is 0. The lowest BCUT2D eigenvalue weighted by molar-refractivity contribution is 1.10. The quantitative estimate of drug-likeness (QED) is 0.623. The van der Waals surface area contributed by atoms with Crippen molar-refractivity contribution in [2.45, 2.75) is 19.7 Å². The van der Waals surface area contributed by atoms with Gasteiger partial charge in [0.2, 0.25) is 0 Å². The van der Waals surface area contributed by atoms with Crippen LogP contribution < -0.4 is 0 Å². The van der Waals surface area contributed by atoms with Gasteiger partial charge in [-0.15, -0.1) is 24.0 Å². The first-order valence-electron chi connectivity index (χ1n) is 3.22. The molecule has 0 bridgehead atoms. The third-order valence-corrected chi connectivity index (χ3v) is 1.96. The van der Waals surface area contributed by atoms with Crippen LogP contribution in [0.2, 0.25) is 0 Å². The van der Waals surface area contributed by atoms with Gasteiger partial charge in [-0.1, -0.05) is 0 Å². The highest BCUT2D eigenvalue weighted by atomic mass is 35.5. The van der Waals surface area contributed by atoms with Crippen molar-refractivity contribution < 1.29 is 0 Å². The number of aryl methyl sites for hydroxylation is 1. The molecule has 1 nitrogen and oxygen atoms in total. The van der Waals surface area contributed by atoms with E-state index in [0.717, 1.165) is 5.69 Å². The standard InChI is InChI=1S/C8H10ClN.ClH/c1-6-3-4-10-8(5-9)7(6)2;/h3-4H,5H2,1-2H3;1H. The zero-order valence-electron chi connectivity index (χ0n) is 6.60.